The first-order chi connectivity index (χ1) is 8.65. The van der Waals surface area contributed by atoms with Crippen LogP contribution in [0.2, 0.25) is 0 Å². The lowest BCUT2D eigenvalue weighted by Gasteiger charge is -2.31. The van der Waals surface area contributed by atoms with E-state index in [-0.39, 0.29) is 12.0 Å². The monoisotopic (exact) mass is 250 g/mol. The van der Waals surface area contributed by atoms with Gasteiger partial charge in [-0.3, -0.25) is 0 Å². The fourth-order valence-corrected chi connectivity index (χ4v) is 2.06. The molecule has 4 nitrogen and oxygen atoms in total. The first-order valence-electron chi connectivity index (χ1n) is 6.43. The quantitative estimate of drug-likeness (QED) is 0.622. The number of hydrogen-bond acceptors (Lipinski definition) is 4. The van der Waals surface area contributed by atoms with Gasteiger partial charge in [0, 0.05) is 6.54 Å². The molecular weight excluding hydrogens is 228 g/mol. The van der Waals surface area contributed by atoms with Crippen molar-refractivity contribution in [2.24, 2.45) is 0 Å². The molecule has 1 aromatic rings. The molecule has 2 N–H and O–H groups in total. The molecule has 0 saturated heterocycles. The minimum Gasteiger partial charge on any atom is -0.464 e. The van der Waals surface area contributed by atoms with Gasteiger partial charge in [0.25, 0.3) is 0 Å². The molecule has 0 amide bonds. The summed E-state index contributed by atoms with van der Waals surface area (Å²) in [6.07, 6.45) is 0.695. The van der Waals surface area contributed by atoms with Gasteiger partial charge in [-0.05, 0) is 32.4 Å². The number of para-hydroxylation sites is 2. The maximum Gasteiger partial charge on any atom is 0.328 e. The van der Waals surface area contributed by atoms with E-state index < -0.39 is 0 Å². The van der Waals surface area contributed by atoms with Crippen molar-refractivity contribution in [2.45, 2.75) is 33.2 Å². The Bertz CT molecular complexity index is 393. The van der Waals surface area contributed by atoms with Gasteiger partial charge in [-0.1, -0.05) is 19.1 Å². The van der Waals surface area contributed by atoms with Crippen LogP contribution in [-0.2, 0) is 9.53 Å². The summed E-state index contributed by atoms with van der Waals surface area (Å²) in [6.45, 7) is 6.91. The number of nitrogens with zero attached hydrogens (tertiary/aromatic N) is 1. The lowest BCUT2D eigenvalue weighted by atomic mass is 10.1. The van der Waals surface area contributed by atoms with Crippen LogP contribution in [0.1, 0.15) is 27.2 Å². The summed E-state index contributed by atoms with van der Waals surface area (Å²) in [5, 5.41) is 0. The molecule has 18 heavy (non-hydrogen) atoms. The Labute approximate surface area is 109 Å². The largest absolute Gasteiger partial charge is 0.464 e. The number of likely N-dealkylation sites (N-methyl/N-ethyl adjacent to an activating group) is 1. The predicted molar refractivity (Wildman–Crippen MR) is 74.6 cm³/mol. The first-order valence-corrected chi connectivity index (χ1v) is 6.43. The van der Waals surface area contributed by atoms with Crippen molar-refractivity contribution in [1.82, 2.24) is 0 Å². The minimum atomic E-state index is -0.278. The van der Waals surface area contributed by atoms with Crippen LogP contribution >= 0.6 is 0 Å². The summed E-state index contributed by atoms with van der Waals surface area (Å²) in [4.78, 5) is 13.9. The molecule has 0 spiro atoms. The number of hydrogen-bond donors (Lipinski definition) is 1. The van der Waals surface area contributed by atoms with Crippen molar-refractivity contribution in [1.29, 1.82) is 0 Å². The fourth-order valence-electron chi connectivity index (χ4n) is 2.06. The average Bonchev–Trinajstić information content (AvgIpc) is 2.37. The molecule has 0 bridgehead atoms. The zero-order chi connectivity index (χ0) is 13.5. The standard InChI is InChI=1S/C14H22N2O2/c1-4-12(14(17)18-6-3)16(5-2)13-10-8-7-9-11(13)15/h7-10,12H,4-6,15H2,1-3H3. The zero-order valence-electron chi connectivity index (χ0n) is 11.3. The van der Waals surface area contributed by atoms with Crippen molar-refractivity contribution in [3.05, 3.63) is 24.3 Å². The van der Waals surface area contributed by atoms with Crippen LogP contribution in [0.3, 0.4) is 0 Å². The number of nitrogens with two attached hydrogens (primary N) is 1. The van der Waals surface area contributed by atoms with E-state index in [1.54, 1.807) is 0 Å². The van der Waals surface area contributed by atoms with E-state index in [9.17, 15) is 4.79 Å². The van der Waals surface area contributed by atoms with Crippen LogP contribution in [-0.4, -0.2) is 25.2 Å². The van der Waals surface area contributed by atoms with Crippen LogP contribution < -0.4 is 10.6 Å². The number of nitrogen functional groups attached to an aromatic ring is 1. The van der Waals surface area contributed by atoms with Gasteiger partial charge in [0.15, 0.2) is 0 Å². The van der Waals surface area contributed by atoms with E-state index in [2.05, 4.69) is 0 Å². The summed E-state index contributed by atoms with van der Waals surface area (Å²) in [5.74, 6) is -0.190. The van der Waals surface area contributed by atoms with E-state index >= 15 is 0 Å². The van der Waals surface area contributed by atoms with E-state index in [0.717, 1.165) is 5.69 Å². The Morgan fingerprint density at radius 1 is 1.33 bits per heavy atom. The molecule has 0 aliphatic carbocycles. The topological polar surface area (TPSA) is 55.6 Å². The van der Waals surface area contributed by atoms with E-state index in [0.29, 0.717) is 25.3 Å². The summed E-state index contributed by atoms with van der Waals surface area (Å²) in [6, 6.07) is 7.31. The molecule has 0 fully saturated rings. The molecule has 1 unspecified atom stereocenters. The maximum atomic E-state index is 12.0. The summed E-state index contributed by atoms with van der Waals surface area (Å²) in [7, 11) is 0. The highest BCUT2D eigenvalue weighted by atomic mass is 16.5. The van der Waals surface area contributed by atoms with Gasteiger partial charge in [-0.2, -0.15) is 0 Å². The normalized spacial score (nSPS) is 11.9. The Morgan fingerprint density at radius 2 is 2.00 bits per heavy atom. The Morgan fingerprint density at radius 3 is 2.50 bits per heavy atom. The zero-order valence-corrected chi connectivity index (χ0v) is 11.3. The molecule has 1 rings (SSSR count). The highest BCUT2D eigenvalue weighted by Gasteiger charge is 2.25. The lowest BCUT2D eigenvalue weighted by Crippen LogP contribution is -2.42. The molecule has 0 heterocycles. The van der Waals surface area contributed by atoms with Crippen LogP contribution in [0.5, 0.6) is 0 Å². The van der Waals surface area contributed by atoms with E-state index in [1.165, 1.54) is 0 Å². The summed E-state index contributed by atoms with van der Waals surface area (Å²) < 4.78 is 5.12. The van der Waals surface area contributed by atoms with Gasteiger partial charge in [-0.25, -0.2) is 4.79 Å². The van der Waals surface area contributed by atoms with Crippen molar-refractivity contribution < 1.29 is 9.53 Å². The number of carbonyl (C=O) groups is 1. The second-order valence-electron chi connectivity index (χ2n) is 4.02. The fraction of sp³-hybridized carbons (Fsp3) is 0.500. The molecule has 1 atom stereocenters. The number of ether oxygens (including phenoxy) is 1. The molecule has 0 saturated carbocycles. The maximum absolute atomic E-state index is 12.0. The van der Waals surface area contributed by atoms with E-state index in [4.69, 9.17) is 10.5 Å². The molecule has 100 valence electrons. The molecule has 4 heteroatoms. The van der Waals surface area contributed by atoms with Gasteiger partial charge < -0.3 is 15.4 Å². The van der Waals surface area contributed by atoms with Crippen molar-refractivity contribution >= 4 is 17.3 Å². The lowest BCUT2D eigenvalue weighted by molar-refractivity contribution is -0.144. The molecule has 0 aliphatic heterocycles. The molecular formula is C14H22N2O2. The van der Waals surface area contributed by atoms with Gasteiger partial charge in [-0.15, -0.1) is 0 Å². The number of benzene rings is 1. The third-order valence-corrected chi connectivity index (χ3v) is 2.91. The number of rotatable bonds is 6. The predicted octanol–water partition coefficient (Wildman–Crippen LogP) is 2.44. The molecule has 0 aromatic heterocycles. The minimum absolute atomic E-state index is 0.190. The highest BCUT2D eigenvalue weighted by Crippen LogP contribution is 2.25. The molecule has 0 aliphatic rings. The highest BCUT2D eigenvalue weighted by molar-refractivity contribution is 5.82. The van der Waals surface area contributed by atoms with Crippen LogP contribution in [0.15, 0.2) is 24.3 Å². The Balaban J connectivity index is 3.00. The summed E-state index contributed by atoms with van der Waals surface area (Å²) >= 11 is 0. The number of anilines is 2. The Kier molecular flexibility index (Phi) is 5.49. The molecule has 1 aromatic carbocycles. The smallest absolute Gasteiger partial charge is 0.328 e. The summed E-state index contributed by atoms with van der Waals surface area (Å²) in [5.41, 5.74) is 7.54. The number of esters is 1. The average molecular weight is 250 g/mol. The van der Waals surface area contributed by atoms with Crippen molar-refractivity contribution in [3.63, 3.8) is 0 Å². The van der Waals surface area contributed by atoms with Crippen molar-refractivity contribution in [3.8, 4) is 0 Å². The van der Waals surface area contributed by atoms with E-state index in [1.807, 2.05) is 49.9 Å². The molecule has 0 radical (unpaired) electrons. The third-order valence-electron chi connectivity index (χ3n) is 2.91. The van der Waals surface area contributed by atoms with Crippen LogP contribution in [0.4, 0.5) is 11.4 Å². The van der Waals surface area contributed by atoms with Crippen LogP contribution in [0.25, 0.3) is 0 Å². The van der Waals surface area contributed by atoms with Gasteiger partial charge in [0.2, 0.25) is 0 Å². The first kappa shape index (κ1) is 14.4. The second-order valence-corrected chi connectivity index (χ2v) is 4.02. The van der Waals surface area contributed by atoms with Crippen LogP contribution in [0, 0.1) is 0 Å². The van der Waals surface area contributed by atoms with Gasteiger partial charge >= 0.3 is 5.97 Å². The third kappa shape index (κ3) is 3.15. The Hall–Kier alpha value is -1.71. The van der Waals surface area contributed by atoms with Gasteiger partial charge in [0.05, 0.1) is 18.0 Å². The second kappa shape index (κ2) is 6.89. The van der Waals surface area contributed by atoms with Crippen molar-refractivity contribution in [2.75, 3.05) is 23.8 Å². The SMILES string of the molecule is CCOC(=O)C(CC)N(CC)c1ccccc1N. The van der Waals surface area contributed by atoms with Gasteiger partial charge in [0.1, 0.15) is 6.04 Å². The number of carbonyl (C=O) groups excluding carboxylic acids is 1.